The fourth-order valence-electron chi connectivity index (χ4n) is 3.58. The molecule has 2 aliphatic rings. The van der Waals surface area contributed by atoms with Crippen LogP contribution >= 0.6 is 12.4 Å². The van der Waals surface area contributed by atoms with Crippen LogP contribution in [-0.4, -0.2) is 67.5 Å². The maximum absolute atomic E-state index is 13.0. The molecule has 3 rings (SSSR count). The Bertz CT molecular complexity index is 611. The Hall–Kier alpha value is -1.63. The van der Waals surface area contributed by atoms with Gasteiger partial charge in [0, 0.05) is 44.9 Å². The van der Waals surface area contributed by atoms with Crippen molar-refractivity contribution in [3.8, 4) is 0 Å². The third kappa shape index (κ3) is 4.51. The van der Waals surface area contributed by atoms with Crippen LogP contribution in [0.4, 0.5) is 0 Å². The van der Waals surface area contributed by atoms with E-state index in [4.69, 9.17) is 4.74 Å². The highest BCUT2D eigenvalue weighted by Crippen LogP contribution is 2.20. The number of nitrogens with zero attached hydrogens (tertiary/aromatic N) is 2. The number of piperazine rings is 1. The van der Waals surface area contributed by atoms with Crippen LogP contribution in [0.1, 0.15) is 28.8 Å². The summed E-state index contributed by atoms with van der Waals surface area (Å²) in [7, 11) is 1.63. The second-order valence-corrected chi connectivity index (χ2v) is 6.40. The number of piperidine rings is 1. The fourth-order valence-corrected chi connectivity index (χ4v) is 3.58. The lowest BCUT2D eigenvalue weighted by Crippen LogP contribution is -2.57. The minimum atomic E-state index is 0. The highest BCUT2D eigenvalue weighted by atomic mass is 35.5. The average Bonchev–Trinajstić information content (AvgIpc) is 2.62. The molecule has 0 aromatic heterocycles. The van der Waals surface area contributed by atoms with Crippen molar-refractivity contribution in [2.24, 2.45) is 0 Å². The number of carbonyl (C=O) groups excluding carboxylic acids is 2. The van der Waals surface area contributed by atoms with Crippen LogP contribution in [0.2, 0.25) is 0 Å². The summed E-state index contributed by atoms with van der Waals surface area (Å²) in [6.45, 7) is 3.75. The molecular formula is C18H26ClN3O3. The first kappa shape index (κ1) is 19.7. The molecule has 1 aromatic rings. The first-order valence-corrected chi connectivity index (χ1v) is 8.57. The molecule has 2 fully saturated rings. The van der Waals surface area contributed by atoms with Gasteiger partial charge in [-0.1, -0.05) is 18.2 Å². The average molecular weight is 368 g/mol. The summed E-state index contributed by atoms with van der Waals surface area (Å²) in [5.41, 5.74) is 1.61. The molecule has 0 saturated carbocycles. The third-order valence-corrected chi connectivity index (χ3v) is 4.80. The number of benzene rings is 1. The monoisotopic (exact) mass is 367 g/mol. The molecule has 25 heavy (non-hydrogen) atoms. The summed E-state index contributed by atoms with van der Waals surface area (Å²) >= 11 is 0. The minimum absolute atomic E-state index is 0. The van der Waals surface area contributed by atoms with E-state index in [1.165, 1.54) is 0 Å². The second-order valence-electron chi connectivity index (χ2n) is 6.40. The molecule has 0 bridgehead atoms. The molecule has 7 heteroatoms. The van der Waals surface area contributed by atoms with Gasteiger partial charge in [-0.2, -0.15) is 0 Å². The van der Waals surface area contributed by atoms with E-state index in [9.17, 15) is 9.59 Å². The molecule has 2 saturated heterocycles. The molecule has 1 atom stereocenters. The molecule has 1 N–H and O–H groups in total. The molecule has 2 amide bonds. The summed E-state index contributed by atoms with van der Waals surface area (Å²) in [5.74, 6) is 0.176. The van der Waals surface area contributed by atoms with E-state index >= 15 is 0 Å². The fraction of sp³-hybridized carbons (Fsp3) is 0.556. The molecule has 1 aromatic carbocycles. The van der Waals surface area contributed by atoms with Crippen LogP contribution in [0.15, 0.2) is 24.3 Å². The Kier molecular flexibility index (Phi) is 7.23. The SMILES string of the molecule is COCc1ccccc1C(=O)N1CCCC(N2CCNCC2=O)C1.Cl. The quantitative estimate of drug-likeness (QED) is 0.871. The minimum Gasteiger partial charge on any atom is -0.380 e. The normalized spacial score (nSPS) is 21.0. The summed E-state index contributed by atoms with van der Waals surface area (Å²) < 4.78 is 5.21. The van der Waals surface area contributed by atoms with E-state index in [-0.39, 0.29) is 30.3 Å². The van der Waals surface area contributed by atoms with Gasteiger partial charge in [0.2, 0.25) is 5.91 Å². The van der Waals surface area contributed by atoms with Gasteiger partial charge in [0.05, 0.1) is 13.2 Å². The van der Waals surface area contributed by atoms with E-state index < -0.39 is 0 Å². The molecule has 0 radical (unpaired) electrons. The number of rotatable bonds is 4. The number of nitrogens with one attached hydrogen (secondary N) is 1. The number of likely N-dealkylation sites (tertiary alicyclic amines) is 1. The zero-order valence-corrected chi connectivity index (χ0v) is 15.4. The summed E-state index contributed by atoms with van der Waals surface area (Å²) in [4.78, 5) is 28.9. The van der Waals surface area contributed by atoms with Gasteiger partial charge >= 0.3 is 0 Å². The Balaban J connectivity index is 0.00000225. The molecule has 2 aliphatic heterocycles. The van der Waals surface area contributed by atoms with Gasteiger partial charge in [0.1, 0.15) is 0 Å². The molecular weight excluding hydrogens is 342 g/mol. The topological polar surface area (TPSA) is 61.9 Å². The number of amides is 2. The van der Waals surface area contributed by atoms with E-state index in [0.717, 1.165) is 38.0 Å². The summed E-state index contributed by atoms with van der Waals surface area (Å²) in [6.07, 6.45) is 1.90. The molecule has 6 nitrogen and oxygen atoms in total. The van der Waals surface area contributed by atoms with Crippen molar-refractivity contribution in [3.63, 3.8) is 0 Å². The van der Waals surface area contributed by atoms with E-state index in [2.05, 4.69) is 5.32 Å². The smallest absolute Gasteiger partial charge is 0.254 e. The Morgan fingerprint density at radius 3 is 2.88 bits per heavy atom. The van der Waals surface area contributed by atoms with Crippen molar-refractivity contribution in [2.75, 3.05) is 39.8 Å². The molecule has 2 heterocycles. The molecule has 1 unspecified atom stereocenters. The Morgan fingerprint density at radius 2 is 2.12 bits per heavy atom. The van der Waals surface area contributed by atoms with E-state index in [1.807, 2.05) is 34.1 Å². The highest BCUT2D eigenvalue weighted by Gasteiger charge is 2.32. The van der Waals surface area contributed by atoms with E-state index in [0.29, 0.717) is 25.3 Å². The lowest BCUT2D eigenvalue weighted by atomic mass is 10.0. The van der Waals surface area contributed by atoms with Crippen molar-refractivity contribution >= 4 is 24.2 Å². The Morgan fingerprint density at radius 1 is 1.32 bits per heavy atom. The molecule has 138 valence electrons. The number of hydrogen-bond donors (Lipinski definition) is 1. The number of carbonyl (C=O) groups is 2. The number of ether oxygens (including phenoxy) is 1. The predicted molar refractivity (Wildman–Crippen MR) is 97.9 cm³/mol. The van der Waals surface area contributed by atoms with Crippen LogP contribution in [0.5, 0.6) is 0 Å². The number of methoxy groups -OCH3 is 1. The van der Waals surface area contributed by atoms with Crippen molar-refractivity contribution in [3.05, 3.63) is 35.4 Å². The van der Waals surface area contributed by atoms with Gasteiger partial charge in [-0.05, 0) is 24.5 Å². The van der Waals surface area contributed by atoms with Crippen molar-refractivity contribution in [2.45, 2.75) is 25.5 Å². The predicted octanol–water partition coefficient (Wildman–Crippen LogP) is 1.29. The zero-order valence-electron chi connectivity index (χ0n) is 14.6. The van der Waals surface area contributed by atoms with Crippen molar-refractivity contribution < 1.29 is 14.3 Å². The largest absolute Gasteiger partial charge is 0.380 e. The maximum Gasteiger partial charge on any atom is 0.254 e. The van der Waals surface area contributed by atoms with Gasteiger partial charge in [0.25, 0.3) is 5.91 Å². The van der Waals surface area contributed by atoms with Crippen molar-refractivity contribution in [1.29, 1.82) is 0 Å². The summed E-state index contributed by atoms with van der Waals surface area (Å²) in [5, 5.41) is 3.10. The van der Waals surface area contributed by atoms with Crippen LogP contribution < -0.4 is 5.32 Å². The van der Waals surface area contributed by atoms with Gasteiger partial charge in [-0.25, -0.2) is 0 Å². The van der Waals surface area contributed by atoms with Crippen LogP contribution in [0, 0.1) is 0 Å². The van der Waals surface area contributed by atoms with Gasteiger partial charge in [-0.15, -0.1) is 12.4 Å². The lowest BCUT2D eigenvalue weighted by molar-refractivity contribution is -0.135. The number of halogens is 1. The zero-order chi connectivity index (χ0) is 16.9. The Labute approximate surface area is 154 Å². The van der Waals surface area contributed by atoms with Gasteiger partial charge < -0.3 is 19.9 Å². The molecule has 0 aliphatic carbocycles. The number of hydrogen-bond acceptors (Lipinski definition) is 4. The van der Waals surface area contributed by atoms with E-state index in [1.54, 1.807) is 7.11 Å². The third-order valence-electron chi connectivity index (χ3n) is 4.80. The first-order chi connectivity index (χ1) is 11.7. The van der Waals surface area contributed by atoms with Crippen LogP contribution in [0.3, 0.4) is 0 Å². The van der Waals surface area contributed by atoms with Crippen LogP contribution in [-0.2, 0) is 16.1 Å². The lowest BCUT2D eigenvalue weighted by Gasteiger charge is -2.41. The molecule has 0 spiro atoms. The summed E-state index contributed by atoms with van der Waals surface area (Å²) in [6, 6.07) is 7.72. The standard InChI is InChI=1S/C18H25N3O3.ClH/c1-24-13-14-5-2-3-7-16(14)18(23)20-9-4-6-15(12-20)21-10-8-19-11-17(21)22;/h2-3,5,7,15,19H,4,6,8-13H2,1H3;1H. The van der Waals surface area contributed by atoms with Crippen LogP contribution in [0.25, 0.3) is 0 Å². The second kappa shape index (κ2) is 9.17. The van der Waals surface area contributed by atoms with Gasteiger partial charge in [-0.3, -0.25) is 9.59 Å². The first-order valence-electron chi connectivity index (χ1n) is 8.57. The van der Waals surface area contributed by atoms with Gasteiger partial charge in [0.15, 0.2) is 0 Å². The highest BCUT2D eigenvalue weighted by molar-refractivity contribution is 5.95. The van der Waals surface area contributed by atoms with Crippen molar-refractivity contribution in [1.82, 2.24) is 15.1 Å². The maximum atomic E-state index is 13.0.